The summed E-state index contributed by atoms with van der Waals surface area (Å²) in [7, 11) is 0. The van der Waals surface area contributed by atoms with E-state index in [1.165, 1.54) is 0 Å². The number of benzene rings is 1. The van der Waals surface area contributed by atoms with Gasteiger partial charge in [-0.1, -0.05) is 12.1 Å². The molecule has 1 N–H and O–H groups in total. The number of nitrogens with zero attached hydrogens (tertiary/aromatic N) is 2. The summed E-state index contributed by atoms with van der Waals surface area (Å²) in [5.41, 5.74) is 0.616. The lowest BCUT2D eigenvalue weighted by Crippen LogP contribution is -2.50. The fraction of sp³-hybridized carbons (Fsp3) is 0.526. The molecule has 0 radical (unpaired) electrons. The first-order valence-electron chi connectivity index (χ1n) is 9.12. The van der Waals surface area contributed by atoms with Crippen LogP contribution in [0.15, 0.2) is 35.4 Å². The maximum atomic E-state index is 12.4. The van der Waals surface area contributed by atoms with Gasteiger partial charge in [-0.25, -0.2) is 4.98 Å². The van der Waals surface area contributed by atoms with Gasteiger partial charge >= 0.3 is 0 Å². The largest absolute Gasteiger partial charge is 0.379 e. The van der Waals surface area contributed by atoms with Gasteiger partial charge in [-0.3, -0.25) is 14.2 Å². The predicted octanol–water partition coefficient (Wildman–Crippen LogP) is 1.49. The van der Waals surface area contributed by atoms with E-state index in [9.17, 15) is 9.59 Å². The Balaban J connectivity index is 1.52. The van der Waals surface area contributed by atoms with Crippen LogP contribution in [0, 0.1) is 0 Å². The Morgan fingerprint density at radius 3 is 3.12 bits per heavy atom. The molecule has 0 bridgehead atoms. The van der Waals surface area contributed by atoms with Gasteiger partial charge in [0.25, 0.3) is 5.56 Å². The van der Waals surface area contributed by atoms with Crippen molar-refractivity contribution in [1.82, 2.24) is 14.9 Å². The highest BCUT2D eigenvalue weighted by molar-refractivity contribution is 5.77. The van der Waals surface area contributed by atoms with Crippen molar-refractivity contribution in [3.8, 4) is 0 Å². The van der Waals surface area contributed by atoms with Gasteiger partial charge in [0, 0.05) is 26.2 Å². The number of rotatable bonds is 7. The summed E-state index contributed by atoms with van der Waals surface area (Å²) in [4.78, 5) is 29.0. The summed E-state index contributed by atoms with van der Waals surface area (Å²) in [5, 5.41) is 3.64. The van der Waals surface area contributed by atoms with Crippen LogP contribution in [0.1, 0.15) is 26.2 Å². The standard InChI is InChI=1S/C19H25N3O4/c1-2-26-17-12-25-11-9-16(17)21-18(23)8-5-10-22-13-20-15-7-4-3-6-14(15)19(22)24/h3-4,6-7,13,16-17H,2,5,8-12H2,1H3,(H,21,23). The summed E-state index contributed by atoms with van der Waals surface area (Å²) in [6.07, 6.45) is 3.14. The number of carbonyl (C=O) groups excluding carboxylic acids is 1. The zero-order chi connectivity index (χ0) is 18.4. The Hall–Kier alpha value is -2.25. The molecule has 1 saturated heterocycles. The van der Waals surface area contributed by atoms with Crippen LogP contribution in [0.5, 0.6) is 0 Å². The molecular weight excluding hydrogens is 334 g/mol. The van der Waals surface area contributed by atoms with E-state index in [-0.39, 0.29) is 23.6 Å². The van der Waals surface area contributed by atoms with Gasteiger partial charge in [0.15, 0.2) is 0 Å². The lowest BCUT2D eigenvalue weighted by atomic mass is 10.1. The van der Waals surface area contributed by atoms with Crippen molar-refractivity contribution in [2.24, 2.45) is 0 Å². The Morgan fingerprint density at radius 1 is 1.42 bits per heavy atom. The van der Waals surface area contributed by atoms with Crippen molar-refractivity contribution in [1.29, 1.82) is 0 Å². The molecule has 1 aliphatic rings. The van der Waals surface area contributed by atoms with Gasteiger partial charge < -0.3 is 14.8 Å². The highest BCUT2D eigenvalue weighted by Gasteiger charge is 2.27. The first-order chi connectivity index (χ1) is 12.7. The molecule has 1 aromatic heterocycles. The van der Waals surface area contributed by atoms with Gasteiger partial charge in [-0.15, -0.1) is 0 Å². The minimum absolute atomic E-state index is 0.0127. The average Bonchev–Trinajstić information content (AvgIpc) is 2.66. The molecule has 3 rings (SSSR count). The Morgan fingerprint density at radius 2 is 2.27 bits per heavy atom. The molecule has 2 aromatic rings. The number of para-hydroxylation sites is 1. The maximum Gasteiger partial charge on any atom is 0.261 e. The maximum absolute atomic E-state index is 12.4. The monoisotopic (exact) mass is 359 g/mol. The Labute approximate surface area is 152 Å². The molecule has 2 atom stereocenters. The molecule has 0 aliphatic carbocycles. The number of aromatic nitrogens is 2. The lowest BCUT2D eigenvalue weighted by molar-refractivity contribution is -0.126. The third-order valence-corrected chi connectivity index (χ3v) is 4.57. The molecule has 1 fully saturated rings. The number of aryl methyl sites for hydroxylation is 1. The fourth-order valence-corrected chi connectivity index (χ4v) is 3.21. The van der Waals surface area contributed by atoms with Crippen molar-refractivity contribution >= 4 is 16.8 Å². The molecule has 0 saturated carbocycles. The van der Waals surface area contributed by atoms with E-state index < -0.39 is 0 Å². The van der Waals surface area contributed by atoms with Crippen LogP contribution >= 0.6 is 0 Å². The summed E-state index contributed by atoms with van der Waals surface area (Å²) >= 11 is 0. The summed E-state index contributed by atoms with van der Waals surface area (Å²) < 4.78 is 12.6. The quantitative estimate of drug-likeness (QED) is 0.810. The number of carbonyl (C=O) groups is 1. The van der Waals surface area contributed by atoms with Crippen molar-refractivity contribution in [3.63, 3.8) is 0 Å². The van der Waals surface area contributed by atoms with Crippen molar-refractivity contribution in [2.45, 2.75) is 44.9 Å². The SMILES string of the molecule is CCOC1COCCC1NC(=O)CCCn1cnc2ccccc2c1=O. The molecular formula is C19H25N3O4. The molecule has 140 valence electrons. The zero-order valence-electron chi connectivity index (χ0n) is 15.0. The fourth-order valence-electron chi connectivity index (χ4n) is 3.21. The zero-order valence-corrected chi connectivity index (χ0v) is 15.0. The number of amides is 1. The van der Waals surface area contributed by atoms with Crippen LogP contribution in [0.2, 0.25) is 0 Å². The van der Waals surface area contributed by atoms with Crippen LogP contribution in [0.4, 0.5) is 0 Å². The highest BCUT2D eigenvalue weighted by Crippen LogP contribution is 2.12. The van der Waals surface area contributed by atoms with E-state index in [2.05, 4.69) is 10.3 Å². The number of hydrogen-bond acceptors (Lipinski definition) is 5. The average molecular weight is 359 g/mol. The third kappa shape index (κ3) is 4.47. The smallest absolute Gasteiger partial charge is 0.261 e. The molecule has 2 heterocycles. The van der Waals surface area contributed by atoms with E-state index in [1.54, 1.807) is 17.0 Å². The van der Waals surface area contributed by atoms with Crippen molar-refractivity contribution < 1.29 is 14.3 Å². The lowest BCUT2D eigenvalue weighted by Gasteiger charge is -2.31. The Kier molecular flexibility index (Phi) is 6.35. The van der Waals surface area contributed by atoms with Gasteiger partial charge in [0.2, 0.25) is 5.91 Å². The van der Waals surface area contributed by atoms with Crippen molar-refractivity contribution in [3.05, 3.63) is 40.9 Å². The van der Waals surface area contributed by atoms with Gasteiger partial charge in [0.05, 0.1) is 29.9 Å². The number of hydrogen-bond donors (Lipinski definition) is 1. The molecule has 26 heavy (non-hydrogen) atoms. The summed E-state index contributed by atoms with van der Waals surface area (Å²) in [6, 6.07) is 7.26. The number of nitrogens with one attached hydrogen (secondary N) is 1. The molecule has 1 aromatic carbocycles. The van der Waals surface area contributed by atoms with Crippen molar-refractivity contribution in [2.75, 3.05) is 19.8 Å². The van der Waals surface area contributed by atoms with E-state index in [1.807, 2.05) is 25.1 Å². The first-order valence-corrected chi connectivity index (χ1v) is 9.12. The highest BCUT2D eigenvalue weighted by atomic mass is 16.5. The van der Waals surface area contributed by atoms with Crippen LogP contribution in [0.3, 0.4) is 0 Å². The third-order valence-electron chi connectivity index (χ3n) is 4.57. The van der Waals surface area contributed by atoms with Gasteiger partial charge in [-0.05, 0) is 31.9 Å². The normalized spacial score (nSPS) is 20.2. The minimum Gasteiger partial charge on any atom is -0.379 e. The summed E-state index contributed by atoms with van der Waals surface area (Å²) in [6.45, 7) is 4.14. The molecule has 1 amide bonds. The topological polar surface area (TPSA) is 82.4 Å². The van der Waals surface area contributed by atoms with Crippen LogP contribution < -0.4 is 10.9 Å². The van der Waals surface area contributed by atoms with Gasteiger partial charge in [0.1, 0.15) is 6.10 Å². The predicted molar refractivity (Wildman–Crippen MR) is 98.0 cm³/mol. The van der Waals surface area contributed by atoms with E-state index >= 15 is 0 Å². The molecule has 1 aliphatic heterocycles. The summed E-state index contributed by atoms with van der Waals surface area (Å²) in [5.74, 6) is -0.0246. The Bertz CT molecular complexity index is 803. The second kappa shape index (κ2) is 8.91. The van der Waals surface area contributed by atoms with Crippen LogP contribution in [0.25, 0.3) is 10.9 Å². The molecule has 7 heteroatoms. The minimum atomic E-state index is -0.0926. The van der Waals surface area contributed by atoms with E-state index in [0.29, 0.717) is 50.1 Å². The van der Waals surface area contributed by atoms with E-state index in [4.69, 9.17) is 9.47 Å². The molecule has 0 spiro atoms. The van der Waals surface area contributed by atoms with Crippen LogP contribution in [-0.2, 0) is 20.8 Å². The number of ether oxygens (including phenoxy) is 2. The molecule has 7 nitrogen and oxygen atoms in total. The second-order valence-corrected chi connectivity index (χ2v) is 6.40. The molecule has 2 unspecified atom stereocenters. The van der Waals surface area contributed by atoms with E-state index in [0.717, 1.165) is 6.42 Å². The second-order valence-electron chi connectivity index (χ2n) is 6.40. The first kappa shape index (κ1) is 18.5. The van der Waals surface area contributed by atoms with Gasteiger partial charge in [-0.2, -0.15) is 0 Å². The number of fused-ring (bicyclic) bond motifs is 1. The van der Waals surface area contributed by atoms with Crippen LogP contribution in [-0.4, -0.2) is 47.4 Å².